The smallest absolute Gasteiger partial charge is 0.370 e. The molecule has 3 rings (SSSR count). The Bertz CT molecular complexity index is 1080. The first-order valence-electron chi connectivity index (χ1n) is 15.1. The molecule has 0 aromatic heterocycles. The number of carbonyl (C=O) groups excluding carboxylic acids is 1. The van der Waals surface area contributed by atoms with E-state index in [4.69, 9.17) is 15.7 Å². The summed E-state index contributed by atoms with van der Waals surface area (Å²) in [6.07, 6.45) is 14.9. The standard InChI is InChI=1S/C30H52N4O5S/c1-22-12-13-25-26(11-8-16-29(25,2)3)30(22,4)17-14-23(21-39-40(36,37)38)9-7-10-24-15-20-34(27(24)35)19-6-5-18-33-28(31)32/h11,15,22-23,25H,5-10,12-14,16-21H2,1-4H3,(H4,31,32,33)(H,36,37,38). The maximum Gasteiger partial charge on any atom is 0.397 e. The molecule has 5 N–H and O–H groups in total. The number of unbranched alkanes of at least 4 members (excludes halogenated alkanes) is 1. The van der Waals surface area contributed by atoms with E-state index in [0.717, 1.165) is 50.5 Å². The second-order valence-corrected chi connectivity index (χ2v) is 14.2. The van der Waals surface area contributed by atoms with Gasteiger partial charge in [-0.05, 0) is 99.2 Å². The average Bonchev–Trinajstić information content (AvgIpc) is 3.21. The van der Waals surface area contributed by atoms with Crippen molar-refractivity contribution < 1.29 is 21.9 Å². The van der Waals surface area contributed by atoms with Crippen LogP contribution in [0.25, 0.3) is 0 Å². The number of nitrogens with two attached hydrogens (primary N) is 2. The third-order valence-electron chi connectivity index (χ3n) is 9.94. The molecule has 0 saturated heterocycles. The normalized spacial score (nSPS) is 27.1. The van der Waals surface area contributed by atoms with Crippen LogP contribution in [-0.4, -0.2) is 56.0 Å². The molecule has 2 aliphatic carbocycles. The first-order chi connectivity index (χ1) is 18.7. The Morgan fingerprint density at radius 2 is 1.93 bits per heavy atom. The number of rotatable bonds is 15. The minimum atomic E-state index is -4.50. The van der Waals surface area contributed by atoms with Crippen LogP contribution in [0.1, 0.15) is 98.3 Å². The summed E-state index contributed by atoms with van der Waals surface area (Å²) in [5.41, 5.74) is 13.5. The molecule has 0 radical (unpaired) electrons. The summed E-state index contributed by atoms with van der Waals surface area (Å²) in [6.45, 7) is 11.4. The lowest BCUT2D eigenvalue weighted by Gasteiger charge is -2.53. The summed E-state index contributed by atoms with van der Waals surface area (Å²) in [4.78, 5) is 18.7. The van der Waals surface area contributed by atoms with Gasteiger partial charge in [0, 0.05) is 25.2 Å². The summed E-state index contributed by atoms with van der Waals surface area (Å²) < 4.78 is 36.9. The van der Waals surface area contributed by atoms with Crippen LogP contribution in [-0.2, 0) is 19.4 Å². The van der Waals surface area contributed by atoms with Crippen LogP contribution in [0.5, 0.6) is 0 Å². The second kappa shape index (κ2) is 13.8. The van der Waals surface area contributed by atoms with Crippen molar-refractivity contribution in [3.05, 3.63) is 23.3 Å². The lowest BCUT2D eigenvalue weighted by Crippen LogP contribution is -2.43. The second-order valence-electron chi connectivity index (χ2n) is 13.1. The summed E-state index contributed by atoms with van der Waals surface area (Å²) in [5, 5.41) is 0. The minimum Gasteiger partial charge on any atom is -0.370 e. The van der Waals surface area contributed by atoms with Crippen LogP contribution in [0, 0.1) is 28.6 Å². The molecule has 1 fully saturated rings. The Morgan fingerprint density at radius 3 is 2.62 bits per heavy atom. The third-order valence-corrected chi connectivity index (χ3v) is 10.4. The highest BCUT2D eigenvalue weighted by Crippen LogP contribution is 2.58. The number of fused-ring (bicyclic) bond motifs is 1. The third kappa shape index (κ3) is 8.79. The van der Waals surface area contributed by atoms with Crippen LogP contribution in [0.15, 0.2) is 28.3 Å². The van der Waals surface area contributed by atoms with Crippen LogP contribution in [0.4, 0.5) is 0 Å². The summed E-state index contributed by atoms with van der Waals surface area (Å²) >= 11 is 0. The number of carbonyl (C=O) groups is 1. The first-order valence-corrected chi connectivity index (χ1v) is 16.5. The lowest BCUT2D eigenvalue weighted by atomic mass is 9.52. The Kier molecular flexibility index (Phi) is 11.3. The van der Waals surface area contributed by atoms with Gasteiger partial charge in [-0.3, -0.25) is 14.3 Å². The quantitative estimate of drug-likeness (QED) is 0.0812. The fraction of sp³-hybridized carbons (Fsp3) is 0.800. The van der Waals surface area contributed by atoms with E-state index >= 15 is 0 Å². The molecule has 0 aromatic carbocycles. The minimum absolute atomic E-state index is 0.0210. The van der Waals surface area contributed by atoms with Crippen molar-refractivity contribution in [1.82, 2.24) is 4.90 Å². The molecule has 40 heavy (non-hydrogen) atoms. The number of hydrogen-bond donors (Lipinski definition) is 3. The van der Waals surface area contributed by atoms with Gasteiger partial charge in [0.2, 0.25) is 5.91 Å². The number of nitrogens with zero attached hydrogens (tertiary/aromatic N) is 2. The molecular weight excluding hydrogens is 528 g/mol. The van der Waals surface area contributed by atoms with Crippen LogP contribution < -0.4 is 11.5 Å². The number of allylic oxidation sites excluding steroid dienone is 2. The number of guanidine groups is 1. The monoisotopic (exact) mass is 580 g/mol. The molecule has 4 unspecified atom stereocenters. The molecule has 10 heteroatoms. The average molecular weight is 581 g/mol. The lowest BCUT2D eigenvalue weighted by molar-refractivity contribution is -0.125. The highest BCUT2D eigenvalue weighted by molar-refractivity contribution is 7.80. The van der Waals surface area contributed by atoms with Crippen LogP contribution in [0.3, 0.4) is 0 Å². The van der Waals surface area contributed by atoms with Gasteiger partial charge in [0.05, 0.1) is 6.61 Å². The summed E-state index contributed by atoms with van der Waals surface area (Å²) in [6, 6.07) is 0. The van der Waals surface area contributed by atoms with Gasteiger partial charge in [0.15, 0.2) is 5.96 Å². The van der Waals surface area contributed by atoms with E-state index in [2.05, 4.69) is 38.8 Å². The van der Waals surface area contributed by atoms with E-state index in [9.17, 15) is 17.8 Å². The van der Waals surface area contributed by atoms with Crippen molar-refractivity contribution in [2.24, 2.45) is 45.0 Å². The van der Waals surface area contributed by atoms with E-state index < -0.39 is 10.4 Å². The fourth-order valence-corrected chi connectivity index (χ4v) is 7.49. The zero-order chi connectivity index (χ0) is 29.6. The summed E-state index contributed by atoms with van der Waals surface area (Å²) in [5.74, 6) is 1.30. The van der Waals surface area contributed by atoms with Gasteiger partial charge < -0.3 is 16.4 Å². The molecule has 228 valence electrons. The fourth-order valence-electron chi connectivity index (χ4n) is 7.12. The molecule has 1 aliphatic heterocycles. The molecule has 1 amide bonds. The predicted molar refractivity (Wildman–Crippen MR) is 160 cm³/mol. The Morgan fingerprint density at radius 1 is 1.18 bits per heavy atom. The zero-order valence-electron chi connectivity index (χ0n) is 25.0. The van der Waals surface area contributed by atoms with Crippen molar-refractivity contribution in [3.63, 3.8) is 0 Å². The van der Waals surface area contributed by atoms with E-state index in [1.165, 1.54) is 19.3 Å². The summed E-state index contributed by atoms with van der Waals surface area (Å²) in [7, 11) is -4.50. The van der Waals surface area contributed by atoms with E-state index in [-0.39, 0.29) is 29.8 Å². The maximum atomic E-state index is 12.9. The number of amides is 1. The zero-order valence-corrected chi connectivity index (χ0v) is 25.8. The van der Waals surface area contributed by atoms with Gasteiger partial charge >= 0.3 is 10.4 Å². The van der Waals surface area contributed by atoms with E-state index in [1.54, 1.807) is 5.57 Å². The van der Waals surface area contributed by atoms with Crippen LogP contribution >= 0.6 is 0 Å². The van der Waals surface area contributed by atoms with Crippen molar-refractivity contribution in [1.29, 1.82) is 0 Å². The molecule has 0 spiro atoms. The van der Waals surface area contributed by atoms with Gasteiger partial charge in [-0.15, -0.1) is 0 Å². The predicted octanol–water partition coefficient (Wildman–Crippen LogP) is 4.99. The molecule has 0 aromatic rings. The Hall–Kier alpha value is -1.91. The van der Waals surface area contributed by atoms with Crippen molar-refractivity contribution >= 4 is 22.3 Å². The van der Waals surface area contributed by atoms with Gasteiger partial charge in [-0.25, -0.2) is 4.18 Å². The Labute approximate surface area is 241 Å². The van der Waals surface area contributed by atoms with E-state index in [1.807, 2.05) is 11.0 Å². The molecule has 4 atom stereocenters. The van der Waals surface area contributed by atoms with Crippen molar-refractivity contribution in [2.75, 3.05) is 26.2 Å². The Balaban J connectivity index is 1.55. The molecule has 1 saturated carbocycles. The molecular formula is C30H52N4O5S. The molecule has 0 bridgehead atoms. The molecule has 1 heterocycles. The maximum absolute atomic E-state index is 12.9. The number of aliphatic imine (C=N–C) groups is 1. The molecule has 3 aliphatic rings. The van der Waals surface area contributed by atoms with E-state index in [0.29, 0.717) is 43.3 Å². The SMILES string of the molecule is CC1CCC2C(=CCCC2(C)C)C1(C)CCC(CCCC1=CCN(CCCCN=C(N)N)C1=O)COS(=O)(=O)O. The topological polar surface area (TPSA) is 148 Å². The van der Waals surface area contributed by atoms with Gasteiger partial charge in [-0.1, -0.05) is 45.4 Å². The highest BCUT2D eigenvalue weighted by atomic mass is 32.3. The van der Waals surface area contributed by atoms with Gasteiger partial charge in [-0.2, -0.15) is 8.42 Å². The number of hydrogen-bond acceptors (Lipinski definition) is 5. The van der Waals surface area contributed by atoms with Crippen LogP contribution in [0.2, 0.25) is 0 Å². The van der Waals surface area contributed by atoms with Gasteiger partial charge in [0.25, 0.3) is 0 Å². The van der Waals surface area contributed by atoms with Crippen molar-refractivity contribution in [3.8, 4) is 0 Å². The van der Waals surface area contributed by atoms with Crippen molar-refractivity contribution in [2.45, 2.75) is 98.3 Å². The highest BCUT2D eigenvalue weighted by Gasteiger charge is 2.47. The largest absolute Gasteiger partial charge is 0.397 e. The molecule has 9 nitrogen and oxygen atoms in total. The first kappa shape index (κ1) is 32.6. The van der Waals surface area contributed by atoms with Gasteiger partial charge in [0.1, 0.15) is 0 Å².